The van der Waals surface area contributed by atoms with Crippen molar-refractivity contribution in [1.29, 1.82) is 0 Å². The lowest BCUT2D eigenvalue weighted by Gasteiger charge is -2.37. The Morgan fingerprint density at radius 1 is 0.867 bits per heavy atom. The van der Waals surface area contributed by atoms with Crippen molar-refractivity contribution in [2.45, 2.75) is 50.7 Å². The van der Waals surface area contributed by atoms with E-state index in [1.807, 2.05) is 12.1 Å². The predicted molar refractivity (Wildman–Crippen MR) is 117 cm³/mol. The van der Waals surface area contributed by atoms with Gasteiger partial charge in [0.1, 0.15) is 5.82 Å². The standard InChI is InChI=1S/C26H33FO3/c1-28-16-2-3-19-17-29-26(30-18-19)24-10-8-22(9-11-24)20-4-6-21(7-5-20)23-12-14-25(27)15-13-23/h4-7,12-15,19,22,24,26H,2-3,8-11,16-18H2,1H3/t19-,22?,24?,26-. The number of methoxy groups -OCH3 is 1. The fourth-order valence-corrected chi connectivity index (χ4v) is 4.83. The van der Waals surface area contributed by atoms with Crippen LogP contribution in [0.1, 0.15) is 50.0 Å². The van der Waals surface area contributed by atoms with Crippen LogP contribution in [0.25, 0.3) is 11.1 Å². The van der Waals surface area contributed by atoms with Crippen LogP contribution in [0, 0.1) is 17.7 Å². The Morgan fingerprint density at radius 3 is 2.07 bits per heavy atom. The molecular weight excluding hydrogens is 379 g/mol. The lowest BCUT2D eigenvalue weighted by atomic mass is 9.78. The van der Waals surface area contributed by atoms with Crippen molar-refractivity contribution in [1.82, 2.24) is 0 Å². The molecule has 30 heavy (non-hydrogen) atoms. The first-order chi connectivity index (χ1) is 14.7. The monoisotopic (exact) mass is 412 g/mol. The SMILES string of the molecule is COCCC[C@H]1CO[C@H](C2CCC(c3ccc(-c4ccc(F)cc4)cc3)CC2)OC1. The van der Waals surface area contributed by atoms with Gasteiger partial charge in [-0.05, 0) is 73.3 Å². The zero-order valence-corrected chi connectivity index (χ0v) is 17.9. The Balaban J connectivity index is 1.24. The lowest BCUT2D eigenvalue weighted by Crippen LogP contribution is -2.38. The molecule has 0 atom stereocenters. The Bertz CT molecular complexity index is 758. The van der Waals surface area contributed by atoms with Crippen LogP contribution >= 0.6 is 0 Å². The summed E-state index contributed by atoms with van der Waals surface area (Å²) < 4.78 is 30.4. The van der Waals surface area contributed by atoms with E-state index in [4.69, 9.17) is 14.2 Å². The minimum Gasteiger partial charge on any atom is -0.385 e. The third-order valence-electron chi connectivity index (χ3n) is 6.67. The van der Waals surface area contributed by atoms with Crippen LogP contribution in [0.4, 0.5) is 4.39 Å². The molecule has 3 nitrogen and oxygen atoms in total. The molecule has 0 bridgehead atoms. The number of rotatable bonds is 7. The van der Waals surface area contributed by atoms with Crippen molar-refractivity contribution >= 4 is 0 Å². The molecule has 1 saturated heterocycles. The van der Waals surface area contributed by atoms with Crippen LogP contribution in [0.2, 0.25) is 0 Å². The van der Waals surface area contributed by atoms with Gasteiger partial charge in [-0.2, -0.15) is 0 Å². The Morgan fingerprint density at radius 2 is 1.47 bits per heavy atom. The van der Waals surface area contributed by atoms with E-state index < -0.39 is 0 Å². The van der Waals surface area contributed by atoms with Crippen molar-refractivity contribution in [2.24, 2.45) is 11.8 Å². The average molecular weight is 413 g/mol. The first-order valence-electron chi connectivity index (χ1n) is 11.3. The van der Waals surface area contributed by atoms with E-state index in [-0.39, 0.29) is 12.1 Å². The highest BCUT2D eigenvalue weighted by atomic mass is 19.1. The van der Waals surface area contributed by atoms with E-state index in [0.717, 1.165) is 56.6 Å². The molecule has 4 heteroatoms. The normalized spacial score (nSPS) is 27.1. The predicted octanol–water partition coefficient (Wildman–Crippen LogP) is 6.18. The Kier molecular flexibility index (Phi) is 7.53. The second kappa shape index (κ2) is 10.5. The summed E-state index contributed by atoms with van der Waals surface area (Å²) in [4.78, 5) is 0. The molecule has 0 radical (unpaired) electrons. The number of hydrogen-bond acceptors (Lipinski definition) is 3. The van der Waals surface area contributed by atoms with E-state index in [1.165, 1.54) is 30.5 Å². The second-order valence-corrected chi connectivity index (χ2v) is 8.78. The number of benzene rings is 2. The van der Waals surface area contributed by atoms with Gasteiger partial charge in [-0.3, -0.25) is 0 Å². The summed E-state index contributed by atoms with van der Waals surface area (Å²) in [5.41, 5.74) is 3.60. The average Bonchev–Trinajstić information content (AvgIpc) is 2.81. The first-order valence-corrected chi connectivity index (χ1v) is 11.3. The van der Waals surface area contributed by atoms with Crippen LogP contribution in [-0.4, -0.2) is 33.2 Å². The summed E-state index contributed by atoms with van der Waals surface area (Å²) in [7, 11) is 1.75. The van der Waals surface area contributed by atoms with Gasteiger partial charge in [0.05, 0.1) is 13.2 Å². The Labute approximate surface area is 179 Å². The maximum Gasteiger partial charge on any atom is 0.160 e. The summed E-state index contributed by atoms with van der Waals surface area (Å²) in [5, 5.41) is 0. The van der Waals surface area contributed by atoms with Crippen LogP contribution in [0.5, 0.6) is 0 Å². The van der Waals surface area contributed by atoms with Gasteiger partial charge in [0, 0.05) is 25.6 Å². The van der Waals surface area contributed by atoms with Crippen LogP contribution < -0.4 is 0 Å². The summed E-state index contributed by atoms with van der Waals surface area (Å²) >= 11 is 0. The largest absolute Gasteiger partial charge is 0.385 e. The molecule has 0 amide bonds. The molecule has 0 N–H and O–H groups in total. The van der Waals surface area contributed by atoms with E-state index >= 15 is 0 Å². The van der Waals surface area contributed by atoms with Gasteiger partial charge in [-0.1, -0.05) is 36.4 Å². The van der Waals surface area contributed by atoms with Crippen molar-refractivity contribution in [2.75, 3.05) is 26.9 Å². The topological polar surface area (TPSA) is 27.7 Å². The summed E-state index contributed by atoms with van der Waals surface area (Å²) in [6.45, 7) is 2.45. The molecular formula is C26H33FO3. The fourth-order valence-electron chi connectivity index (χ4n) is 4.83. The molecule has 0 unspecified atom stereocenters. The van der Waals surface area contributed by atoms with Crippen LogP contribution in [0.15, 0.2) is 48.5 Å². The Hall–Kier alpha value is -1.75. The van der Waals surface area contributed by atoms with Gasteiger partial charge in [-0.25, -0.2) is 4.39 Å². The van der Waals surface area contributed by atoms with E-state index in [2.05, 4.69) is 24.3 Å². The molecule has 1 heterocycles. The minimum absolute atomic E-state index is 0.0227. The highest BCUT2D eigenvalue weighted by Crippen LogP contribution is 2.39. The molecule has 162 valence electrons. The van der Waals surface area contributed by atoms with Gasteiger partial charge < -0.3 is 14.2 Å². The quantitative estimate of drug-likeness (QED) is 0.508. The maximum atomic E-state index is 13.1. The van der Waals surface area contributed by atoms with E-state index in [9.17, 15) is 4.39 Å². The zero-order chi connectivity index (χ0) is 20.8. The number of halogens is 1. The fraction of sp³-hybridized carbons (Fsp3) is 0.538. The van der Waals surface area contributed by atoms with Gasteiger partial charge in [0.2, 0.25) is 0 Å². The second-order valence-electron chi connectivity index (χ2n) is 8.78. The third kappa shape index (κ3) is 5.48. The van der Waals surface area contributed by atoms with E-state index in [0.29, 0.717) is 17.8 Å². The van der Waals surface area contributed by atoms with Crippen LogP contribution in [0.3, 0.4) is 0 Å². The molecule has 0 spiro atoms. The zero-order valence-electron chi connectivity index (χ0n) is 17.9. The first kappa shape index (κ1) is 21.5. The minimum atomic E-state index is -0.195. The third-order valence-corrected chi connectivity index (χ3v) is 6.67. The number of hydrogen-bond donors (Lipinski definition) is 0. The highest BCUT2D eigenvalue weighted by Gasteiger charge is 2.32. The lowest BCUT2D eigenvalue weighted by molar-refractivity contribution is -0.229. The summed E-state index contributed by atoms with van der Waals surface area (Å²) in [5.74, 6) is 1.43. The molecule has 2 fully saturated rings. The molecule has 1 saturated carbocycles. The highest BCUT2D eigenvalue weighted by molar-refractivity contribution is 5.63. The van der Waals surface area contributed by atoms with Gasteiger partial charge in [0.15, 0.2) is 6.29 Å². The molecule has 0 aromatic heterocycles. The molecule has 4 rings (SSSR count). The summed E-state index contributed by atoms with van der Waals surface area (Å²) in [6.07, 6.45) is 6.84. The van der Waals surface area contributed by atoms with Gasteiger partial charge in [0.25, 0.3) is 0 Å². The summed E-state index contributed by atoms with van der Waals surface area (Å²) in [6, 6.07) is 15.5. The van der Waals surface area contributed by atoms with Crippen molar-refractivity contribution in [3.05, 3.63) is 59.9 Å². The van der Waals surface area contributed by atoms with Crippen LogP contribution in [-0.2, 0) is 14.2 Å². The molecule has 1 aliphatic heterocycles. The number of ether oxygens (including phenoxy) is 3. The van der Waals surface area contributed by atoms with Gasteiger partial charge >= 0.3 is 0 Å². The molecule has 1 aliphatic carbocycles. The van der Waals surface area contributed by atoms with Gasteiger partial charge in [-0.15, -0.1) is 0 Å². The van der Waals surface area contributed by atoms with E-state index in [1.54, 1.807) is 7.11 Å². The molecule has 2 aliphatic rings. The maximum absolute atomic E-state index is 13.1. The van der Waals surface area contributed by atoms with Crippen molar-refractivity contribution in [3.8, 4) is 11.1 Å². The van der Waals surface area contributed by atoms with Crippen molar-refractivity contribution < 1.29 is 18.6 Å². The molecule has 2 aromatic carbocycles. The smallest absolute Gasteiger partial charge is 0.160 e. The molecule has 2 aromatic rings. The van der Waals surface area contributed by atoms with Crippen molar-refractivity contribution in [3.63, 3.8) is 0 Å².